The molecule has 0 aromatic rings. The van der Waals surface area contributed by atoms with Crippen molar-refractivity contribution in [2.75, 3.05) is 0 Å². The van der Waals surface area contributed by atoms with Gasteiger partial charge in [0.05, 0.1) is 0 Å². The molecule has 2 aliphatic carbocycles. The number of rotatable bonds is 0. The first-order chi connectivity index (χ1) is 4.86. The standard InChI is InChI=1S/C9H7Br/c10-9-5-7-3-1-2-4-8(7)6-9/h1-3,5-6H,4H2. The second-order valence-corrected chi connectivity index (χ2v) is 3.37. The van der Waals surface area contributed by atoms with Crippen LogP contribution in [0.4, 0.5) is 0 Å². The zero-order valence-electron chi connectivity index (χ0n) is 5.47. The van der Waals surface area contributed by atoms with Crippen molar-refractivity contribution in [2.45, 2.75) is 6.42 Å². The van der Waals surface area contributed by atoms with Crippen LogP contribution >= 0.6 is 15.9 Å². The molecule has 10 heavy (non-hydrogen) atoms. The second kappa shape index (κ2) is 2.24. The molecule has 0 saturated heterocycles. The molecule has 0 fully saturated rings. The Morgan fingerprint density at radius 2 is 2.20 bits per heavy atom. The van der Waals surface area contributed by atoms with E-state index < -0.39 is 0 Å². The minimum atomic E-state index is 1.08. The maximum atomic E-state index is 3.44. The van der Waals surface area contributed by atoms with E-state index in [1.165, 1.54) is 15.6 Å². The lowest BCUT2D eigenvalue weighted by Crippen LogP contribution is -1.84. The van der Waals surface area contributed by atoms with E-state index >= 15 is 0 Å². The highest BCUT2D eigenvalue weighted by Crippen LogP contribution is 2.31. The molecule has 0 radical (unpaired) electrons. The predicted octanol–water partition coefficient (Wildman–Crippen LogP) is 3.09. The van der Waals surface area contributed by atoms with Gasteiger partial charge in [0.2, 0.25) is 0 Å². The molecule has 0 nitrogen and oxygen atoms in total. The van der Waals surface area contributed by atoms with E-state index in [-0.39, 0.29) is 0 Å². The third-order valence-corrected chi connectivity index (χ3v) is 2.18. The Morgan fingerprint density at radius 1 is 1.30 bits per heavy atom. The average molecular weight is 195 g/mol. The molecule has 50 valence electrons. The van der Waals surface area contributed by atoms with Crippen LogP contribution in [0.1, 0.15) is 6.42 Å². The van der Waals surface area contributed by atoms with Crippen molar-refractivity contribution in [3.05, 3.63) is 46.0 Å². The van der Waals surface area contributed by atoms with E-state index in [0.717, 1.165) is 6.42 Å². The Hall–Kier alpha value is -0.560. The van der Waals surface area contributed by atoms with Crippen LogP contribution in [0, 0.1) is 0 Å². The van der Waals surface area contributed by atoms with Crippen LogP contribution < -0.4 is 0 Å². The first kappa shape index (κ1) is 6.17. The van der Waals surface area contributed by atoms with Crippen molar-refractivity contribution in [3.63, 3.8) is 0 Å². The molecule has 0 saturated carbocycles. The Kier molecular flexibility index (Phi) is 1.38. The first-order valence-corrected chi connectivity index (χ1v) is 4.10. The molecule has 0 aromatic heterocycles. The van der Waals surface area contributed by atoms with Crippen LogP contribution in [-0.2, 0) is 0 Å². The van der Waals surface area contributed by atoms with Crippen LogP contribution in [0.5, 0.6) is 0 Å². The van der Waals surface area contributed by atoms with Gasteiger partial charge in [0.25, 0.3) is 0 Å². The lowest BCUT2D eigenvalue weighted by molar-refractivity contribution is 1.24. The summed E-state index contributed by atoms with van der Waals surface area (Å²) in [6, 6.07) is 0. The SMILES string of the molecule is BrC1=CC2=CC=CCC2=C1. The summed E-state index contributed by atoms with van der Waals surface area (Å²) < 4.78 is 1.19. The summed E-state index contributed by atoms with van der Waals surface area (Å²) in [5, 5.41) is 0. The maximum absolute atomic E-state index is 3.44. The minimum Gasteiger partial charge on any atom is -0.0801 e. The van der Waals surface area contributed by atoms with Crippen molar-refractivity contribution in [1.82, 2.24) is 0 Å². The smallest absolute Gasteiger partial charge is 0.0184 e. The molecule has 0 unspecified atom stereocenters. The average Bonchev–Trinajstić information content (AvgIpc) is 2.27. The van der Waals surface area contributed by atoms with Gasteiger partial charge in [-0.1, -0.05) is 34.2 Å². The topological polar surface area (TPSA) is 0 Å². The van der Waals surface area contributed by atoms with Gasteiger partial charge in [-0.15, -0.1) is 0 Å². The molecule has 0 N–H and O–H groups in total. The molecule has 0 aliphatic heterocycles. The summed E-state index contributed by atoms with van der Waals surface area (Å²) >= 11 is 3.44. The lowest BCUT2D eigenvalue weighted by atomic mass is 10.0. The van der Waals surface area contributed by atoms with E-state index in [9.17, 15) is 0 Å². The first-order valence-electron chi connectivity index (χ1n) is 3.31. The third kappa shape index (κ3) is 0.907. The fraction of sp³-hybridized carbons (Fsp3) is 0.111. The highest BCUT2D eigenvalue weighted by molar-refractivity contribution is 9.11. The summed E-state index contributed by atoms with van der Waals surface area (Å²) in [6.07, 6.45) is 11.8. The highest BCUT2D eigenvalue weighted by atomic mass is 79.9. The van der Waals surface area contributed by atoms with Crippen LogP contribution in [0.3, 0.4) is 0 Å². The van der Waals surface area contributed by atoms with E-state index in [0.29, 0.717) is 0 Å². The molecule has 0 amide bonds. The van der Waals surface area contributed by atoms with Gasteiger partial charge < -0.3 is 0 Å². The molecule has 2 aliphatic rings. The number of allylic oxidation sites excluding steroid dienone is 8. The summed E-state index contributed by atoms with van der Waals surface area (Å²) in [5.41, 5.74) is 2.78. The van der Waals surface area contributed by atoms with Crippen molar-refractivity contribution in [1.29, 1.82) is 0 Å². The summed E-state index contributed by atoms with van der Waals surface area (Å²) in [6.45, 7) is 0. The van der Waals surface area contributed by atoms with Gasteiger partial charge in [-0.25, -0.2) is 0 Å². The van der Waals surface area contributed by atoms with Gasteiger partial charge in [0, 0.05) is 4.48 Å². The van der Waals surface area contributed by atoms with Crippen LogP contribution in [0.15, 0.2) is 46.0 Å². The second-order valence-electron chi connectivity index (χ2n) is 2.45. The van der Waals surface area contributed by atoms with Gasteiger partial charge in [0.1, 0.15) is 0 Å². The summed E-state index contributed by atoms with van der Waals surface area (Å²) in [5.74, 6) is 0. The van der Waals surface area contributed by atoms with E-state index in [2.05, 4.69) is 46.3 Å². The van der Waals surface area contributed by atoms with Crippen LogP contribution in [0.25, 0.3) is 0 Å². The van der Waals surface area contributed by atoms with Crippen molar-refractivity contribution < 1.29 is 0 Å². The molecule has 0 heterocycles. The molecular weight excluding hydrogens is 188 g/mol. The fourth-order valence-electron chi connectivity index (χ4n) is 1.23. The van der Waals surface area contributed by atoms with Gasteiger partial charge in [0.15, 0.2) is 0 Å². The summed E-state index contributed by atoms with van der Waals surface area (Å²) in [7, 11) is 0. The monoisotopic (exact) mass is 194 g/mol. The van der Waals surface area contributed by atoms with Gasteiger partial charge in [-0.3, -0.25) is 0 Å². The van der Waals surface area contributed by atoms with Crippen molar-refractivity contribution in [2.24, 2.45) is 0 Å². The maximum Gasteiger partial charge on any atom is 0.0184 e. The number of halogens is 1. The lowest BCUT2D eigenvalue weighted by Gasteiger charge is -2.03. The van der Waals surface area contributed by atoms with E-state index in [1.807, 2.05) is 0 Å². The molecule has 0 spiro atoms. The van der Waals surface area contributed by atoms with Crippen LogP contribution in [-0.4, -0.2) is 0 Å². The number of fused-ring (bicyclic) bond motifs is 1. The van der Waals surface area contributed by atoms with Crippen molar-refractivity contribution in [3.8, 4) is 0 Å². The molecule has 0 atom stereocenters. The zero-order valence-corrected chi connectivity index (χ0v) is 7.06. The minimum absolute atomic E-state index is 1.08. The van der Waals surface area contributed by atoms with Crippen LogP contribution in [0.2, 0.25) is 0 Å². The molecule has 0 aromatic carbocycles. The Labute approximate surface area is 68.8 Å². The highest BCUT2D eigenvalue weighted by Gasteiger charge is 2.10. The molecular formula is C9H7Br. The largest absolute Gasteiger partial charge is 0.0801 e. The van der Waals surface area contributed by atoms with E-state index in [4.69, 9.17) is 0 Å². The number of hydrogen-bond donors (Lipinski definition) is 0. The van der Waals surface area contributed by atoms with Gasteiger partial charge >= 0.3 is 0 Å². The number of hydrogen-bond acceptors (Lipinski definition) is 0. The zero-order chi connectivity index (χ0) is 6.97. The quantitative estimate of drug-likeness (QED) is 0.557. The Bertz CT molecular complexity index is 277. The Morgan fingerprint density at radius 3 is 3.00 bits per heavy atom. The predicted molar refractivity (Wildman–Crippen MR) is 46.9 cm³/mol. The van der Waals surface area contributed by atoms with Gasteiger partial charge in [-0.05, 0) is 29.7 Å². The molecule has 0 bridgehead atoms. The molecule has 2 rings (SSSR count). The summed E-state index contributed by atoms with van der Waals surface area (Å²) in [4.78, 5) is 0. The van der Waals surface area contributed by atoms with E-state index in [1.54, 1.807) is 0 Å². The van der Waals surface area contributed by atoms with Gasteiger partial charge in [-0.2, -0.15) is 0 Å². The molecule has 1 heteroatoms. The normalized spacial score (nSPS) is 21.5. The third-order valence-electron chi connectivity index (χ3n) is 1.73. The fourth-order valence-corrected chi connectivity index (χ4v) is 1.75. The van der Waals surface area contributed by atoms with Crippen molar-refractivity contribution >= 4 is 15.9 Å². The Balaban J connectivity index is 2.45.